The van der Waals surface area contributed by atoms with E-state index in [1.165, 1.54) is 0 Å². The van der Waals surface area contributed by atoms with Crippen molar-refractivity contribution in [2.45, 2.75) is 0 Å². The quantitative estimate of drug-likeness (QED) is 0.251. The van der Waals surface area contributed by atoms with Gasteiger partial charge < -0.3 is 13.9 Å². The number of oxazole rings is 1. The Hall–Kier alpha value is -4.45. The predicted molar refractivity (Wildman–Crippen MR) is 125 cm³/mol. The zero-order valence-corrected chi connectivity index (χ0v) is 17.8. The van der Waals surface area contributed by atoms with Crippen LogP contribution < -0.4 is 4.74 Å². The Morgan fingerprint density at radius 1 is 0.879 bits per heavy atom. The van der Waals surface area contributed by atoms with Crippen LogP contribution in [0.4, 0.5) is 0 Å². The topological polar surface area (TPSA) is 78.6 Å². The average molecular weight is 437 g/mol. The minimum atomic E-state index is -0.592. The molecule has 0 spiro atoms. The van der Waals surface area contributed by atoms with Crippen molar-refractivity contribution in [3.05, 3.63) is 96.1 Å². The number of para-hydroxylation sites is 2. The van der Waals surface area contributed by atoms with Gasteiger partial charge in [-0.25, -0.2) is 9.78 Å². The molecule has 0 aliphatic rings. The van der Waals surface area contributed by atoms with Gasteiger partial charge in [-0.2, -0.15) is 0 Å². The summed E-state index contributed by atoms with van der Waals surface area (Å²) in [5, 5.41) is 1.50. The molecule has 0 radical (unpaired) electrons. The number of carbonyl (C=O) groups is 2. The lowest BCUT2D eigenvalue weighted by atomic mass is 9.99. The highest BCUT2D eigenvalue weighted by Crippen LogP contribution is 2.33. The van der Waals surface area contributed by atoms with Gasteiger partial charge in [0.1, 0.15) is 11.3 Å². The normalized spacial score (nSPS) is 10.9. The smallest absolute Gasteiger partial charge is 0.339 e. The van der Waals surface area contributed by atoms with Crippen molar-refractivity contribution in [3.63, 3.8) is 0 Å². The molecular weight excluding hydrogens is 418 g/mol. The molecule has 0 aliphatic carbocycles. The van der Waals surface area contributed by atoms with Crippen molar-refractivity contribution >= 4 is 33.6 Å². The van der Waals surface area contributed by atoms with Crippen molar-refractivity contribution in [2.24, 2.45) is 0 Å². The van der Waals surface area contributed by atoms with Gasteiger partial charge in [-0.05, 0) is 53.9 Å². The molecule has 6 nitrogen and oxygen atoms in total. The van der Waals surface area contributed by atoms with Gasteiger partial charge in [0.05, 0.1) is 12.7 Å². The molecule has 0 fully saturated rings. The summed E-state index contributed by atoms with van der Waals surface area (Å²) >= 11 is 0. The lowest BCUT2D eigenvalue weighted by molar-refractivity contribution is 0.0476. The number of fused-ring (bicyclic) bond motifs is 2. The van der Waals surface area contributed by atoms with Crippen molar-refractivity contribution in [3.8, 4) is 17.2 Å². The van der Waals surface area contributed by atoms with E-state index in [2.05, 4.69) is 4.98 Å². The summed E-state index contributed by atoms with van der Waals surface area (Å²) in [5.41, 5.74) is 2.85. The van der Waals surface area contributed by atoms with Gasteiger partial charge in [0.15, 0.2) is 18.0 Å². The lowest BCUT2D eigenvalue weighted by Crippen LogP contribution is -2.14. The van der Waals surface area contributed by atoms with Crippen LogP contribution in [0.1, 0.15) is 20.7 Å². The van der Waals surface area contributed by atoms with Crippen LogP contribution in [-0.4, -0.2) is 30.5 Å². The molecule has 5 aromatic rings. The Labute approximate surface area is 189 Å². The van der Waals surface area contributed by atoms with Gasteiger partial charge in [-0.15, -0.1) is 0 Å². The first-order chi connectivity index (χ1) is 16.1. The maximum absolute atomic E-state index is 13.0. The van der Waals surface area contributed by atoms with Gasteiger partial charge in [-0.3, -0.25) is 4.79 Å². The third-order valence-corrected chi connectivity index (χ3v) is 5.40. The second kappa shape index (κ2) is 8.59. The fraction of sp³-hybridized carbons (Fsp3) is 0.0741. The van der Waals surface area contributed by atoms with E-state index in [9.17, 15) is 9.59 Å². The van der Waals surface area contributed by atoms with Crippen molar-refractivity contribution in [2.75, 3.05) is 13.7 Å². The molecule has 5 rings (SSSR count). The van der Waals surface area contributed by atoms with E-state index in [0.717, 1.165) is 10.9 Å². The second-order valence-electron chi connectivity index (χ2n) is 7.42. The minimum Gasteiger partial charge on any atom is -0.497 e. The molecule has 0 bridgehead atoms. The third kappa shape index (κ3) is 3.94. The first kappa shape index (κ1) is 20.5. The molecule has 0 atom stereocenters. The molecule has 162 valence electrons. The number of methoxy groups -OCH3 is 1. The second-order valence-corrected chi connectivity index (χ2v) is 7.42. The number of nitrogens with zero attached hydrogens (tertiary/aromatic N) is 1. The zero-order valence-electron chi connectivity index (χ0n) is 17.8. The lowest BCUT2D eigenvalue weighted by Gasteiger charge is -2.10. The molecule has 0 N–H and O–H groups in total. The monoisotopic (exact) mass is 437 g/mol. The van der Waals surface area contributed by atoms with Crippen molar-refractivity contribution < 1.29 is 23.5 Å². The van der Waals surface area contributed by atoms with E-state index in [4.69, 9.17) is 13.9 Å². The maximum Gasteiger partial charge on any atom is 0.339 e. The summed E-state index contributed by atoms with van der Waals surface area (Å²) in [6.07, 6.45) is 0. The fourth-order valence-corrected chi connectivity index (χ4v) is 3.75. The Balaban J connectivity index is 1.46. The number of carbonyl (C=O) groups excluding carboxylic acids is 2. The molecule has 6 heteroatoms. The highest BCUT2D eigenvalue weighted by Gasteiger charge is 2.19. The Bertz CT molecular complexity index is 1450. The fourth-order valence-electron chi connectivity index (χ4n) is 3.75. The molecule has 1 aromatic heterocycles. The number of hydrogen-bond acceptors (Lipinski definition) is 6. The predicted octanol–water partition coefficient (Wildman–Crippen LogP) is 5.70. The van der Waals surface area contributed by atoms with E-state index in [1.54, 1.807) is 43.5 Å². The van der Waals surface area contributed by atoms with Crippen LogP contribution >= 0.6 is 0 Å². The molecule has 0 aliphatic heterocycles. The number of ketones is 1. The molecule has 4 aromatic carbocycles. The Kier molecular flexibility index (Phi) is 5.32. The summed E-state index contributed by atoms with van der Waals surface area (Å²) in [4.78, 5) is 30.1. The van der Waals surface area contributed by atoms with Crippen LogP contribution in [0.15, 0.2) is 89.3 Å². The van der Waals surface area contributed by atoms with Crippen LogP contribution in [-0.2, 0) is 4.74 Å². The minimum absolute atomic E-state index is 0.301. The summed E-state index contributed by atoms with van der Waals surface area (Å²) in [5.74, 6) is 0.166. The summed E-state index contributed by atoms with van der Waals surface area (Å²) < 4.78 is 16.4. The van der Waals surface area contributed by atoms with Crippen molar-refractivity contribution in [1.29, 1.82) is 0 Å². The molecule has 33 heavy (non-hydrogen) atoms. The number of Topliss-reactive ketones (excluding diaryl/α,β-unsaturated/α-hetero) is 1. The van der Waals surface area contributed by atoms with Gasteiger partial charge >= 0.3 is 5.97 Å². The summed E-state index contributed by atoms with van der Waals surface area (Å²) in [7, 11) is 1.55. The van der Waals surface area contributed by atoms with Crippen LogP contribution in [0.3, 0.4) is 0 Å². The first-order valence-electron chi connectivity index (χ1n) is 10.4. The van der Waals surface area contributed by atoms with Gasteiger partial charge in [-0.1, -0.05) is 36.4 Å². The van der Waals surface area contributed by atoms with Crippen LogP contribution in [0.2, 0.25) is 0 Å². The van der Waals surface area contributed by atoms with E-state index in [1.807, 2.05) is 48.5 Å². The number of ether oxygens (including phenoxy) is 2. The van der Waals surface area contributed by atoms with E-state index >= 15 is 0 Å². The van der Waals surface area contributed by atoms with Gasteiger partial charge in [0.2, 0.25) is 5.89 Å². The molecule has 0 amide bonds. The zero-order chi connectivity index (χ0) is 22.8. The first-order valence-corrected chi connectivity index (χ1v) is 10.4. The molecule has 0 saturated heterocycles. The standard InChI is InChI=1S/C27H19NO5/c1-31-19-14-12-17(13-15-19)23(29)16-32-27(30)21-9-5-7-18-6-4-8-20(25(18)21)26-28-22-10-2-3-11-24(22)33-26/h2-15H,16H2,1H3. The van der Waals surface area contributed by atoms with E-state index in [-0.39, 0.29) is 12.4 Å². The molecule has 0 unspecified atom stereocenters. The number of esters is 1. The van der Waals surface area contributed by atoms with Crippen molar-refractivity contribution in [1.82, 2.24) is 4.98 Å². The number of hydrogen-bond donors (Lipinski definition) is 0. The Morgan fingerprint density at radius 2 is 1.64 bits per heavy atom. The van der Waals surface area contributed by atoms with E-state index < -0.39 is 5.97 Å². The SMILES string of the molecule is COc1ccc(C(=O)COC(=O)c2cccc3cccc(-c4nc5ccccc5o4)c23)cc1. The molecular formula is C27H19NO5. The third-order valence-electron chi connectivity index (χ3n) is 5.40. The van der Waals surface area contributed by atoms with Crippen LogP contribution in [0.5, 0.6) is 5.75 Å². The summed E-state index contributed by atoms with van der Waals surface area (Å²) in [6.45, 7) is -0.368. The number of benzene rings is 4. The highest BCUT2D eigenvalue weighted by molar-refractivity contribution is 6.10. The number of rotatable bonds is 6. The summed E-state index contributed by atoms with van der Waals surface area (Å²) in [6, 6.07) is 25.1. The maximum atomic E-state index is 13.0. The molecule has 1 heterocycles. The van der Waals surface area contributed by atoms with Crippen LogP contribution in [0.25, 0.3) is 33.3 Å². The van der Waals surface area contributed by atoms with Gasteiger partial charge in [0.25, 0.3) is 0 Å². The highest BCUT2D eigenvalue weighted by atomic mass is 16.5. The van der Waals surface area contributed by atoms with Gasteiger partial charge in [0, 0.05) is 16.5 Å². The van der Waals surface area contributed by atoms with Crippen LogP contribution in [0, 0.1) is 0 Å². The number of aromatic nitrogens is 1. The molecule has 0 saturated carbocycles. The van der Waals surface area contributed by atoms with E-state index in [0.29, 0.717) is 39.3 Å². The average Bonchev–Trinajstić information content (AvgIpc) is 3.30. The Morgan fingerprint density at radius 3 is 2.39 bits per heavy atom. The largest absolute Gasteiger partial charge is 0.497 e.